The second-order valence-corrected chi connectivity index (χ2v) is 10.7. The molecule has 9 nitrogen and oxygen atoms in total. The van der Waals surface area contributed by atoms with E-state index in [0.29, 0.717) is 6.54 Å². The largest absolute Gasteiger partial charge is 0.349 e. The van der Waals surface area contributed by atoms with Gasteiger partial charge >= 0.3 is 6.03 Å². The van der Waals surface area contributed by atoms with E-state index in [1.54, 1.807) is 18.2 Å². The first-order valence-electron chi connectivity index (χ1n) is 11.5. The summed E-state index contributed by atoms with van der Waals surface area (Å²) in [5.74, 6) is -2.17. The van der Waals surface area contributed by atoms with Crippen molar-refractivity contribution in [2.24, 2.45) is 5.73 Å². The molecule has 0 spiro atoms. The first-order valence-corrected chi connectivity index (χ1v) is 13.3. The number of nitrogens with two attached hydrogens (primary N) is 1. The second kappa shape index (κ2) is 11.4. The number of anilines is 1. The molecular formula is C25H24ClF2N5O4S. The van der Waals surface area contributed by atoms with E-state index < -0.39 is 44.8 Å². The topological polar surface area (TPSA) is 125 Å². The molecule has 1 fully saturated rings. The van der Waals surface area contributed by atoms with Crippen molar-refractivity contribution in [2.75, 3.05) is 18.4 Å². The van der Waals surface area contributed by atoms with E-state index in [0.717, 1.165) is 44.6 Å². The molecule has 1 aliphatic heterocycles. The van der Waals surface area contributed by atoms with Gasteiger partial charge in [-0.15, -0.1) is 0 Å². The van der Waals surface area contributed by atoms with Gasteiger partial charge in [-0.3, -0.25) is 9.69 Å². The zero-order valence-corrected chi connectivity index (χ0v) is 21.5. The monoisotopic (exact) mass is 563 g/mol. The summed E-state index contributed by atoms with van der Waals surface area (Å²) < 4.78 is 55.1. The van der Waals surface area contributed by atoms with Gasteiger partial charge in [0.2, 0.25) is 10.0 Å². The van der Waals surface area contributed by atoms with Crippen LogP contribution in [-0.2, 0) is 27.9 Å². The van der Waals surface area contributed by atoms with Gasteiger partial charge in [-0.1, -0.05) is 41.9 Å². The number of sulfonamides is 1. The van der Waals surface area contributed by atoms with Crippen molar-refractivity contribution in [3.05, 3.63) is 94.5 Å². The Hall–Kier alpha value is -3.58. The maximum atomic E-state index is 13.7. The Kier molecular flexibility index (Phi) is 8.26. The van der Waals surface area contributed by atoms with Crippen molar-refractivity contribution >= 4 is 39.2 Å². The fourth-order valence-electron chi connectivity index (χ4n) is 4.02. The van der Waals surface area contributed by atoms with E-state index in [4.69, 9.17) is 17.3 Å². The van der Waals surface area contributed by atoms with Gasteiger partial charge in [-0.25, -0.2) is 22.0 Å². The van der Waals surface area contributed by atoms with E-state index in [-0.39, 0.29) is 30.2 Å². The predicted molar refractivity (Wildman–Crippen MR) is 137 cm³/mol. The van der Waals surface area contributed by atoms with Crippen LogP contribution < -0.4 is 16.4 Å². The Balaban J connectivity index is 1.63. The molecule has 3 amide bonds. The standard InChI is InChI=1S/C25H24ClF2N5O4S/c26-21-13-20(7-8-22(21)28)38(36,37)33-10-9-32(25(35)31-19-6-2-5-18(27)12-19)24(33)23(34)30-15-17-4-1-3-16(11-17)14-29/h1-8,11-13,24H,9-10,14-15,29H2,(H,30,34)(H,31,35). The number of urea groups is 1. The molecule has 0 aromatic heterocycles. The van der Waals surface area contributed by atoms with Crippen molar-refractivity contribution in [3.63, 3.8) is 0 Å². The third-order valence-corrected chi connectivity index (χ3v) is 8.03. The molecule has 13 heteroatoms. The number of amides is 3. The molecule has 1 unspecified atom stereocenters. The minimum Gasteiger partial charge on any atom is -0.349 e. The first kappa shape index (κ1) is 27.5. The summed E-state index contributed by atoms with van der Waals surface area (Å²) in [6.45, 7) is -0.0336. The lowest BCUT2D eigenvalue weighted by Gasteiger charge is -2.29. The summed E-state index contributed by atoms with van der Waals surface area (Å²) in [5, 5.41) is 4.75. The first-order chi connectivity index (χ1) is 18.1. The summed E-state index contributed by atoms with van der Waals surface area (Å²) in [7, 11) is -4.39. The van der Waals surface area contributed by atoms with Crippen LogP contribution in [0.5, 0.6) is 0 Å². The third-order valence-electron chi connectivity index (χ3n) is 5.89. The van der Waals surface area contributed by atoms with E-state index >= 15 is 0 Å². The summed E-state index contributed by atoms with van der Waals surface area (Å²) in [5.41, 5.74) is 7.35. The maximum Gasteiger partial charge on any atom is 0.323 e. The number of benzene rings is 3. The van der Waals surface area contributed by atoms with Crippen molar-refractivity contribution in [1.82, 2.24) is 14.5 Å². The van der Waals surface area contributed by atoms with Crippen molar-refractivity contribution < 1.29 is 26.8 Å². The van der Waals surface area contributed by atoms with Crippen LogP contribution in [0.2, 0.25) is 5.02 Å². The van der Waals surface area contributed by atoms with Crippen LogP contribution in [0.3, 0.4) is 0 Å². The van der Waals surface area contributed by atoms with Crippen molar-refractivity contribution in [3.8, 4) is 0 Å². The highest BCUT2D eigenvalue weighted by atomic mass is 35.5. The van der Waals surface area contributed by atoms with Gasteiger partial charge in [-0.2, -0.15) is 4.31 Å². The van der Waals surface area contributed by atoms with Crippen LogP contribution >= 0.6 is 11.6 Å². The predicted octanol–water partition coefficient (Wildman–Crippen LogP) is 3.26. The normalized spacial score (nSPS) is 15.9. The fraction of sp³-hybridized carbons (Fsp3) is 0.200. The smallest absolute Gasteiger partial charge is 0.323 e. The van der Waals surface area contributed by atoms with Crippen LogP contribution in [0.15, 0.2) is 71.6 Å². The Morgan fingerprint density at radius 3 is 2.45 bits per heavy atom. The highest BCUT2D eigenvalue weighted by Crippen LogP contribution is 2.28. The molecule has 1 atom stereocenters. The van der Waals surface area contributed by atoms with Gasteiger partial charge in [0, 0.05) is 31.9 Å². The van der Waals surface area contributed by atoms with Crippen LogP contribution in [0, 0.1) is 11.6 Å². The van der Waals surface area contributed by atoms with Crippen LogP contribution in [0.25, 0.3) is 0 Å². The number of nitrogens with one attached hydrogen (secondary N) is 2. The molecular weight excluding hydrogens is 540 g/mol. The van der Waals surface area contributed by atoms with E-state index in [1.165, 1.54) is 18.2 Å². The Morgan fingerprint density at radius 2 is 1.74 bits per heavy atom. The highest BCUT2D eigenvalue weighted by Gasteiger charge is 2.46. The SMILES string of the molecule is NCc1cccc(CNC(=O)C2N(C(=O)Nc3cccc(F)c3)CCN2S(=O)(=O)c2ccc(F)c(Cl)c2)c1. The zero-order valence-electron chi connectivity index (χ0n) is 19.9. The van der Waals surface area contributed by atoms with Crippen molar-refractivity contribution in [2.45, 2.75) is 24.2 Å². The number of hydrogen-bond donors (Lipinski definition) is 3. The van der Waals surface area contributed by atoms with Gasteiger partial charge in [0.15, 0.2) is 6.17 Å². The molecule has 0 bridgehead atoms. The number of carbonyl (C=O) groups excluding carboxylic acids is 2. The molecule has 1 aliphatic rings. The lowest BCUT2D eigenvalue weighted by Crippen LogP contribution is -2.54. The second-order valence-electron chi connectivity index (χ2n) is 8.44. The van der Waals surface area contributed by atoms with E-state index in [2.05, 4.69) is 10.6 Å². The minimum absolute atomic E-state index is 0.0405. The van der Waals surface area contributed by atoms with Crippen LogP contribution in [0.4, 0.5) is 19.3 Å². The zero-order chi connectivity index (χ0) is 27.4. The molecule has 0 saturated carbocycles. The average Bonchev–Trinajstić information content (AvgIpc) is 3.35. The number of halogens is 3. The van der Waals surface area contributed by atoms with E-state index in [9.17, 15) is 26.8 Å². The number of nitrogens with zero attached hydrogens (tertiary/aromatic N) is 2. The average molecular weight is 564 g/mol. The molecule has 0 aliphatic carbocycles. The summed E-state index contributed by atoms with van der Waals surface area (Å²) in [4.78, 5) is 27.2. The van der Waals surface area contributed by atoms with Crippen molar-refractivity contribution in [1.29, 1.82) is 0 Å². The molecule has 200 valence electrons. The molecule has 0 radical (unpaired) electrons. The number of carbonyl (C=O) groups is 2. The van der Waals surface area contributed by atoms with Gasteiger partial charge in [0.25, 0.3) is 5.91 Å². The summed E-state index contributed by atoms with van der Waals surface area (Å²) in [6, 6.07) is 14.3. The Bertz CT molecular complexity index is 1470. The molecule has 1 saturated heterocycles. The van der Waals surface area contributed by atoms with Gasteiger partial charge < -0.3 is 16.4 Å². The number of hydrogen-bond acceptors (Lipinski definition) is 5. The lowest BCUT2D eigenvalue weighted by molar-refractivity contribution is -0.127. The van der Waals surface area contributed by atoms with Crippen LogP contribution in [0.1, 0.15) is 11.1 Å². The third kappa shape index (κ3) is 5.94. The lowest BCUT2D eigenvalue weighted by atomic mass is 10.1. The highest BCUT2D eigenvalue weighted by molar-refractivity contribution is 7.89. The summed E-state index contributed by atoms with van der Waals surface area (Å²) >= 11 is 5.80. The maximum absolute atomic E-state index is 13.7. The van der Waals surface area contributed by atoms with E-state index in [1.807, 2.05) is 6.07 Å². The molecule has 1 heterocycles. The van der Waals surface area contributed by atoms with Gasteiger partial charge in [0.1, 0.15) is 11.6 Å². The number of rotatable bonds is 7. The molecule has 4 rings (SSSR count). The Labute approximate surface area is 223 Å². The van der Waals surface area contributed by atoms with Gasteiger partial charge in [0.05, 0.1) is 9.92 Å². The quantitative estimate of drug-likeness (QED) is 0.407. The Morgan fingerprint density at radius 1 is 1.00 bits per heavy atom. The minimum atomic E-state index is -4.39. The molecule has 3 aromatic rings. The summed E-state index contributed by atoms with van der Waals surface area (Å²) in [6.07, 6.45) is -1.59. The van der Waals surface area contributed by atoms with Gasteiger partial charge in [-0.05, 0) is 47.5 Å². The molecule has 4 N–H and O–H groups in total. The molecule has 38 heavy (non-hydrogen) atoms. The van der Waals surface area contributed by atoms with Crippen LogP contribution in [-0.4, -0.2) is 48.8 Å². The molecule has 3 aromatic carbocycles. The fourth-order valence-corrected chi connectivity index (χ4v) is 5.84.